The number of amides is 1. The Labute approximate surface area is 202 Å². The molecule has 2 aromatic heterocycles. The molecule has 1 aliphatic heterocycles. The standard InChI is InChI=1S/C26H27FN4O2S/c1-33-22-8-3-18-15-19-16-24(34-26(19)29-23(18)17-22)25(32)28-9-2-10-30-11-13-31(14-12-30)21-6-4-20(27)5-7-21/h3-8,15-17H,2,9-14H2,1H3,(H,28,32). The van der Waals surface area contributed by atoms with Gasteiger partial charge in [0.2, 0.25) is 0 Å². The summed E-state index contributed by atoms with van der Waals surface area (Å²) in [4.78, 5) is 23.6. The first-order chi connectivity index (χ1) is 16.6. The van der Waals surface area contributed by atoms with Crippen molar-refractivity contribution in [3.8, 4) is 5.75 Å². The van der Waals surface area contributed by atoms with Gasteiger partial charge < -0.3 is 15.0 Å². The Morgan fingerprint density at radius 2 is 1.85 bits per heavy atom. The minimum absolute atomic E-state index is 0.0502. The Bertz CT molecular complexity index is 1300. The van der Waals surface area contributed by atoms with Gasteiger partial charge in [0.15, 0.2) is 0 Å². The fourth-order valence-corrected chi connectivity index (χ4v) is 5.26. The molecule has 2 aromatic carbocycles. The van der Waals surface area contributed by atoms with Gasteiger partial charge in [-0.2, -0.15) is 0 Å². The van der Waals surface area contributed by atoms with E-state index >= 15 is 0 Å². The molecular weight excluding hydrogens is 451 g/mol. The van der Waals surface area contributed by atoms with Crippen molar-refractivity contribution in [2.24, 2.45) is 0 Å². The van der Waals surface area contributed by atoms with Crippen molar-refractivity contribution in [1.29, 1.82) is 0 Å². The Morgan fingerprint density at radius 1 is 1.06 bits per heavy atom. The second kappa shape index (κ2) is 9.95. The van der Waals surface area contributed by atoms with E-state index in [4.69, 9.17) is 9.72 Å². The summed E-state index contributed by atoms with van der Waals surface area (Å²) in [5.41, 5.74) is 1.93. The van der Waals surface area contributed by atoms with Crippen LogP contribution in [0.15, 0.2) is 54.6 Å². The van der Waals surface area contributed by atoms with Crippen LogP contribution >= 0.6 is 11.3 Å². The lowest BCUT2D eigenvalue weighted by Crippen LogP contribution is -2.47. The lowest BCUT2D eigenvalue weighted by Gasteiger charge is -2.36. The summed E-state index contributed by atoms with van der Waals surface area (Å²) in [7, 11) is 1.64. The van der Waals surface area contributed by atoms with Crippen molar-refractivity contribution in [3.05, 3.63) is 65.3 Å². The monoisotopic (exact) mass is 478 g/mol. The molecule has 0 bridgehead atoms. The maximum Gasteiger partial charge on any atom is 0.261 e. The number of benzene rings is 2. The molecule has 1 amide bonds. The zero-order chi connectivity index (χ0) is 23.5. The molecular formula is C26H27FN4O2S. The van der Waals surface area contributed by atoms with Crippen LogP contribution in [0, 0.1) is 5.82 Å². The van der Waals surface area contributed by atoms with Crippen molar-refractivity contribution in [2.45, 2.75) is 6.42 Å². The largest absolute Gasteiger partial charge is 0.497 e. The van der Waals surface area contributed by atoms with E-state index < -0.39 is 0 Å². The molecule has 0 radical (unpaired) electrons. The minimum atomic E-state index is -0.203. The number of ether oxygens (including phenoxy) is 1. The van der Waals surface area contributed by atoms with E-state index in [0.29, 0.717) is 11.4 Å². The quantitative estimate of drug-likeness (QED) is 0.395. The summed E-state index contributed by atoms with van der Waals surface area (Å²) in [6, 6.07) is 16.5. The number of nitrogens with one attached hydrogen (secondary N) is 1. The molecule has 176 valence electrons. The number of pyridine rings is 1. The van der Waals surface area contributed by atoms with E-state index in [1.165, 1.54) is 23.5 Å². The van der Waals surface area contributed by atoms with Crippen molar-refractivity contribution < 1.29 is 13.9 Å². The highest BCUT2D eigenvalue weighted by molar-refractivity contribution is 7.20. The highest BCUT2D eigenvalue weighted by Gasteiger charge is 2.17. The molecule has 34 heavy (non-hydrogen) atoms. The van der Waals surface area contributed by atoms with Gasteiger partial charge in [-0.3, -0.25) is 9.69 Å². The predicted octanol–water partition coefficient (Wildman–Crippen LogP) is 4.54. The van der Waals surface area contributed by atoms with Crippen molar-refractivity contribution in [1.82, 2.24) is 15.2 Å². The van der Waals surface area contributed by atoms with Gasteiger partial charge in [0.05, 0.1) is 17.5 Å². The van der Waals surface area contributed by atoms with Crippen LogP contribution in [-0.4, -0.2) is 62.2 Å². The zero-order valence-corrected chi connectivity index (χ0v) is 19.9. The van der Waals surface area contributed by atoms with Crippen molar-refractivity contribution in [2.75, 3.05) is 51.3 Å². The molecule has 1 saturated heterocycles. The van der Waals surface area contributed by atoms with Gasteiger partial charge in [-0.05, 0) is 61.5 Å². The van der Waals surface area contributed by atoms with Crippen LogP contribution in [-0.2, 0) is 0 Å². The average molecular weight is 479 g/mol. The van der Waals surface area contributed by atoms with Crippen LogP contribution in [0.1, 0.15) is 16.1 Å². The average Bonchev–Trinajstić information content (AvgIpc) is 3.28. The lowest BCUT2D eigenvalue weighted by molar-refractivity contribution is 0.0955. The number of piperazine rings is 1. The summed E-state index contributed by atoms with van der Waals surface area (Å²) in [5.74, 6) is 0.516. The highest BCUT2D eigenvalue weighted by atomic mass is 32.1. The summed E-state index contributed by atoms with van der Waals surface area (Å²) >= 11 is 1.42. The lowest BCUT2D eigenvalue weighted by atomic mass is 10.2. The highest BCUT2D eigenvalue weighted by Crippen LogP contribution is 2.29. The van der Waals surface area contributed by atoms with Crippen LogP contribution in [0.2, 0.25) is 0 Å². The first kappa shape index (κ1) is 22.6. The van der Waals surface area contributed by atoms with Crippen LogP contribution in [0.25, 0.3) is 21.1 Å². The van der Waals surface area contributed by atoms with Crippen LogP contribution in [0.4, 0.5) is 10.1 Å². The number of rotatable bonds is 7. The number of thiophene rings is 1. The van der Waals surface area contributed by atoms with E-state index in [1.807, 2.05) is 36.4 Å². The third-order valence-corrected chi connectivity index (χ3v) is 7.28. The third kappa shape index (κ3) is 4.98. The number of methoxy groups -OCH3 is 1. The zero-order valence-electron chi connectivity index (χ0n) is 19.1. The molecule has 0 spiro atoms. The Hall–Kier alpha value is -3.23. The number of carbonyl (C=O) groups is 1. The maximum absolute atomic E-state index is 13.1. The van der Waals surface area contributed by atoms with Crippen LogP contribution in [0.3, 0.4) is 0 Å². The minimum Gasteiger partial charge on any atom is -0.497 e. The SMILES string of the molecule is COc1ccc2cc3cc(C(=O)NCCCN4CCN(c5ccc(F)cc5)CC4)sc3nc2c1. The number of nitrogens with zero attached hydrogens (tertiary/aromatic N) is 3. The van der Waals surface area contributed by atoms with Gasteiger partial charge in [-0.15, -0.1) is 11.3 Å². The van der Waals surface area contributed by atoms with Crippen LogP contribution < -0.4 is 15.0 Å². The molecule has 3 heterocycles. The molecule has 1 aliphatic rings. The van der Waals surface area contributed by atoms with E-state index in [0.717, 1.165) is 71.7 Å². The molecule has 8 heteroatoms. The van der Waals surface area contributed by atoms with Gasteiger partial charge in [-0.25, -0.2) is 9.37 Å². The smallest absolute Gasteiger partial charge is 0.261 e. The Morgan fingerprint density at radius 3 is 2.62 bits per heavy atom. The molecule has 0 atom stereocenters. The van der Waals surface area contributed by atoms with Gasteiger partial charge in [0.1, 0.15) is 16.4 Å². The third-order valence-electron chi connectivity index (χ3n) is 6.24. The molecule has 0 saturated carbocycles. The van der Waals surface area contributed by atoms with E-state index in [9.17, 15) is 9.18 Å². The van der Waals surface area contributed by atoms with Gasteiger partial charge in [0, 0.05) is 55.2 Å². The summed E-state index contributed by atoms with van der Waals surface area (Å²) in [5, 5.41) is 5.05. The van der Waals surface area contributed by atoms with Crippen molar-refractivity contribution >= 4 is 44.1 Å². The molecule has 0 aliphatic carbocycles. The molecule has 6 nitrogen and oxygen atoms in total. The number of hydrogen-bond donors (Lipinski definition) is 1. The van der Waals surface area contributed by atoms with E-state index in [1.54, 1.807) is 7.11 Å². The van der Waals surface area contributed by atoms with Gasteiger partial charge in [0.25, 0.3) is 5.91 Å². The maximum atomic E-state index is 13.1. The molecule has 4 aromatic rings. The first-order valence-corrected chi connectivity index (χ1v) is 12.3. The number of hydrogen-bond acceptors (Lipinski definition) is 6. The molecule has 1 N–H and O–H groups in total. The van der Waals surface area contributed by atoms with Gasteiger partial charge >= 0.3 is 0 Å². The number of halogens is 1. The van der Waals surface area contributed by atoms with Crippen LogP contribution in [0.5, 0.6) is 5.75 Å². The topological polar surface area (TPSA) is 57.7 Å². The number of carbonyl (C=O) groups excluding carboxylic acids is 1. The van der Waals surface area contributed by atoms with E-state index in [2.05, 4.69) is 21.2 Å². The fraction of sp³-hybridized carbons (Fsp3) is 0.308. The molecule has 5 rings (SSSR count). The number of fused-ring (bicyclic) bond motifs is 2. The Kier molecular flexibility index (Phi) is 6.60. The summed E-state index contributed by atoms with van der Waals surface area (Å²) < 4.78 is 18.4. The summed E-state index contributed by atoms with van der Waals surface area (Å²) in [6.07, 6.45) is 0.898. The first-order valence-electron chi connectivity index (χ1n) is 11.5. The number of aromatic nitrogens is 1. The normalized spacial score (nSPS) is 14.6. The van der Waals surface area contributed by atoms with Crippen molar-refractivity contribution in [3.63, 3.8) is 0 Å². The fourth-order valence-electron chi connectivity index (χ4n) is 4.32. The predicted molar refractivity (Wildman–Crippen MR) is 136 cm³/mol. The summed E-state index contributed by atoms with van der Waals surface area (Å²) in [6.45, 7) is 5.36. The van der Waals surface area contributed by atoms with Gasteiger partial charge in [-0.1, -0.05) is 0 Å². The second-order valence-electron chi connectivity index (χ2n) is 8.47. The molecule has 1 fully saturated rings. The number of anilines is 1. The molecule has 0 unspecified atom stereocenters. The Balaban J connectivity index is 1.10. The van der Waals surface area contributed by atoms with E-state index in [-0.39, 0.29) is 11.7 Å². The second-order valence-corrected chi connectivity index (χ2v) is 9.50.